The van der Waals surface area contributed by atoms with E-state index in [2.05, 4.69) is 5.32 Å². The molecule has 5 nitrogen and oxygen atoms in total. The van der Waals surface area contributed by atoms with Crippen LogP contribution in [0, 0.1) is 0 Å². The number of hydrogen-bond donors (Lipinski definition) is 1. The molecule has 1 saturated heterocycles. The molecule has 1 heterocycles. The monoisotopic (exact) mass is 298 g/mol. The average molecular weight is 298 g/mol. The maximum atomic E-state index is 12.2. The lowest BCUT2D eigenvalue weighted by Gasteiger charge is -2.28. The summed E-state index contributed by atoms with van der Waals surface area (Å²) in [5.74, 6) is 0. The van der Waals surface area contributed by atoms with Crippen LogP contribution in [0.25, 0.3) is 0 Å². The third kappa shape index (κ3) is 6.22. The van der Waals surface area contributed by atoms with E-state index in [4.69, 9.17) is 9.47 Å². The second-order valence-electron chi connectivity index (χ2n) is 7.13. The fraction of sp³-hybridized carbons (Fsp3) is 0.938. The maximum absolute atomic E-state index is 12.2. The van der Waals surface area contributed by atoms with Crippen molar-refractivity contribution in [2.75, 3.05) is 26.3 Å². The first-order valence-electron chi connectivity index (χ1n) is 8.26. The Balaban J connectivity index is 1.67. The summed E-state index contributed by atoms with van der Waals surface area (Å²) in [5.41, 5.74) is -0.415. The minimum Gasteiger partial charge on any atom is -0.444 e. The van der Waals surface area contributed by atoms with Gasteiger partial charge in [0.1, 0.15) is 5.60 Å². The van der Waals surface area contributed by atoms with E-state index in [0.717, 1.165) is 52.0 Å². The lowest BCUT2D eigenvalue weighted by atomic mass is 10.1. The van der Waals surface area contributed by atoms with Crippen molar-refractivity contribution in [1.82, 2.24) is 10.2 Å². The minimum atomic E-state index is -0.415. The van der Waals surface area contributed by atoms with Gasteiger partial charge in [0.05, 0.1) is 6.61 Å². The van der Waals surface area contributed by atoms with Gasteiger partial charge in [0.25, 0.3) is 0 Å². The highest BCUT2D eigenvalue weighted by atomic mass is 16.6. The van der Waals surface area contributed by atoms with Crippen LogP contribution in [0.15, 0.2) is 0 Å². The molecule has 0 aromatic rings. The zero-order valence-electron chi connectivity index (χ0n) is 13.7. The van der Waals surface area contributed by atoms with E-state index in [1.807, 2.05) is 25.7 Å². The van der Waals surface area contributed by atoms with Gasteiger partial charge >= 0.3 is 6.09 Å². The number of hydrogen-bond acceptors (Lipinski definition) is 4. The number of carbonyl (C=O) groups is 1. The summed E-state index contributed by atoms with van der Waals surface area (Å²) in [6.07, 6.45) is 5.37. The second kappa shape index (κ2) is 7.45. The molecule has 1 atom stereocenters. The molecular formula is C16H30N2O3. The van der Waals surface area contributed by atoms with Gasteiger partial charge in [-0.05, 0) is 59.4 Å². The Bertz CT molecular complexity index is 331. The van der Waals surface area contributed by atoms with Gasteiger partial charge in [0.15, 0.2) is 0 Å². The molecule has 122 valence electrons. The maximum Gasteiger partial charge on any atom is 0.410 e. The van der Waals surface area contributed by atoms with E-state index >= 15 is 0 Å². The smallest absolute Gasteiger partial charge is 0.410 e. The molecule has 0 radical (unpaired) electrons. The van der Waals surface area contributed by atoms with Gasteiger partial charge in [0, 0.05) is 25.2 Å². The minimum absolute atomic E-state index is 0.161. The first-order chi connectivity index (χ1) is 9.96. The van der Waals surface area contributed by atoms with Crippen molar-refractivity contribution in [3.8, 4) is 0 Å². The van der Waals surface area contributed by atoms with E-state index in [1.165, 1.54) is 6.42 Å². The molecule has 5 heteroatoms. The Morgan fingerprint density at radius 1 is 1.33 bits per heavy atom. The molecular weight excluding hydrogens is 268 g/mol. The molecule has 21 heavy (non-hydrogen) atoms. The van der Waals surface area contributed by atoms with Crippen LogP contribution < -0.4 is 5.32 Å². The van der Waals surface area contributed by atoms with Crippen molar-refractivity contribution in [3.63, 3.8) is 0 Å². The van der Waals surface area contributed by atoms with Crippen molar-refractivity contribution in [3.05, 3.63) is 0 Å². The molecule has 2 rings (SSSR count). The van der Waals surface area contributed by atoms with E-state index in [1.54, 1.807) is 0 Å². The summed E-state index contributed by atoms with van der Waals surface area (Å²) in [7, 11) is 0. The van der Waals surface area contributed by atoms with Gasteiger partial charge in [-0.1, -0.05) is 0 Å². The molecule has 0 aromatic carbocycles. The first kappa shape index (κ1) is 16.6. The number of nitrogens with zero attached hydrogens (tertiary/aromatic N) is 1. The lowest BCUT2D eigenvalue weighted by molar-refractivity contribution is 0.0229. The lowest BCUT2D eigenvalue weighted by Crippen LogP contribution is -2.41. The summed E-state index contributed by atoms with van der Waals surface area (Å²) < 4.78 is 10.9. The third-order valence-electron chi connectivity index (χ3n) is 3.78. The molecule has 1 N–H and O–H groups in total. The molecule has 1 aliphatic heterocycles. The van der Waals surface area contributed by atoms with E-state index in [9.17, 15) is 4.79 Å². The summed E-state index contributed by atoms with van der Waals surface area (Å²) in [6, 6.07) is 0.882. The molecule has 1 saturated carbocycles. The molecule has 0 spiro atoms. The van der Waals surface area contributed by atoms with Crippen molar-refractivity contribution in [2.24, 2.45) is 0 Å². The van der Waals surface area contributed by atoms with Crippen LogP contribution in [0.5, 0.6) is 0 Å². The number of amides is 1. The van der Waals surface area contributed by atoms with Crippen LogP contribution in [-0.4, -0.2) is 55.0 Å². The van der Waals surface area contributed by atoms with Crippen LogP contribution >= 0.6 is 0 Å². The Morgan fingerprint density at radius 3 is 2.67 bits per heavy atom. The topological polar surface area (TPSA) is 50.8 Å². The molecule has 0 bridgehead atoms. The molecule has 1 unspecified atom stereocenters. The highest BCUT2D eigenvalue weighted by Crippen LogP contribution is 2.28. The van der Waals surface area contributed by atoms with Crippen molar-refractivity contribution < 1.29 is 14.3 Å². The van der Waals surface area contributed by atoms with E-state index in [-0.39, 0.29) is 6.09 Å². The van der Waals surface area contributed by atoms with Crippen LogP contribution in [0.4, 0.5) is 4.79 Å². The summed E-state index contributed by atoms with van der Waals surface area (Å²) in [6.45, 7) is 9.17. The van der Waals surface area contributed by atoms with Crippen LogP contribution in [0.2, 0.25) is 0 Å². The van der Waals surface area contributed by atoms with Crippen molar-refractivity contribution in [2.45, 2.75) is 70.6 Å². The molecule has 2 aliphatic rings. The van der Waals surface area contributed by atoms with Gasteiger partial charge in [-0.15, -0.1) is 0 Å². The van der Waals surface area contributed by atoms with Crippen molar-refractivity contribution >= 4 is 6.09 Å². The van der Waals surface area contributed by atoms with E-state index < -0.39 is 5.60 Å². The molecule has 1 amide bonds. The highest BCUT2D eigenvalue weighted by molar-refractivity contribution is 5.69. The second-order valence-corrected chi connectivity index (χ2v) is 7.13. The highest BCUT2D eigenvalue weighted by Gasteiger charge is 2.34. The molecule has 0 aromatic heterocycles. The van der Waals surface area contributed by atoms with Gasteiger partial charge < -0.3 is 19.7 Å². The quantitative estimate of drug-likeness (QED) is 0.766. The summed E-state index contributed by atoms with van der Waals surface area (Å²) in [4.78, 5) is 14.1. The van der Waals surface area contributed by atoms with E-state index in [0.29, 0.717) is 12.1 Å². The van der Waals surface area contributed by atoms with Gasteiger partial charge in [-0.25, -0.2) is 4.79 Å². The molecule has 1 aliphatic carbocycles. The van der Waals surface area contributed by atoms with Crippen molar-refractivity contribution in [1.29, 1.82) is 0 Å². The zero-order chi connectivity index (χ0) is 15.3. The Kier molecular flexibility index (Phi) is 5.88. The Morgan fingerprint density at radius 2 is 2.10 bits per heavy atom. The van der Waals surface area contributed by atoms with Gasteiger partial charge in [-0.2, -0.15) is 0 Å². The van der Waals surface area contributed by atoms with Gasteiger partial charge in [0.2, 0.25) is 0 Å². The fourth-order valence-electron chi connectivity index (χ4n) is 2.59. The SMILES string of the molecule is CC(C)(C)OC(=O)N(CCCNC1CCCOC1)C1CC1. The van der Waals surface area contributed by atoms with Crippen LogP contribution in [0.3, 0.4) is 0 Å². The number of nitrogens with one attached hydrogen (secondary N) is 1. The van der Waals surface area contributed by atoms with Crippen LogP contribution in [0.1, 0.15) is 52.9 Å². The zero-order valence-corrected chi connectivity index (χ0v) is 13.7. The van der Waals surface area contributed by atoms with Crippen LogP contribution in [-0.2, 0) is 9.47 Å². The molecule has 2 fully saturated rings. The number of ether oxygens (including phenoxy) is 2. The average Bonchev–Trinajstić information content (AvgIpc) is 3.22. The number of carbonyl (C=O) groups excluding carboxylic acids is 1. The fourth-order valence-corrected chi connectivity index (χ4v) is 2.59. The van der Waals surface area contributed by atoms with Gasteiger partial charge in [-0.3, -0.25) is 0 Å². The summed E-state index contributed by atoms with van der Waals surface area (Å²) in [5, 5.41) is 3.52. The first-order valence-corrected chi connectivity index (χ1v) is 8.26. The standard InChI is InChI=1S/C16H30N2O3/c1-16(2,3)21-15(19)18(14-7-8-14)10-5-9-17-13-6-4-11-20-12-13/h13-14,17H,4-12H2,1-3H3. The summed E-state index contributed by atoms with van der Waals surface area (Å²) >= 11 is 0. The largest absolute Gasteiger partial charge is 0.444 e. The predicted octanol–water partition coefficient (Wildman–Crippen LogP) is 2.54. The Labute approximate surface area is 128 Å². The number of rotatable bonds is 6. The third-order valence-corrected chi connectivity index (χ3v) is 3.78. The normalized spacial score (nSPS) is 22.9. The predicted molar refractivity (Wildman–Crippen MR) is 82.4 cm³/mol. The Hall–Kier alpha value is -0.810.